The van der Waals surface area contributed by atoms with Crippen molar-refractivity contribution in [1.29, 1.82) is 0 Å². The van der Waals surface area contributed by atoms with E-state index in [-0.39, 0.29) is 11.9 Å². The Morgan fingerprint density at radius 2 is 1.85 bits per heavy atom. The fourth-order valence-electron chi connectivity index (χ4n) is 2.66. The molecule has 1 atom stereocenters. The highest BCUT2D eigenvalue weighted by molar-refractivity contribution is 5.83. The van der Waals surface area contributed by atoms with Gasteiger partial charge in [0.2, 0.25) is 5.91 Å². The lowest BCUT2D eigenvalue weighted by atomic mass is 10.0. The Morgan fingerprint density at radius 1 is 1.25 bits per heavy atom. The molecule has 1 aromatic rings. The molecule has 1 unspecified atom stereocenters. The molecule has 4 nitrogen and oxygen atoms in total. The summed E-state index contributed by atoms with van der Waals surface area (Å²) in [5.74, 6) is -0.0702. The number of benzene rings is 1. The third kappa shape index (κ3) is 3.81. The Balaban J connectivity index is 1.84. The van der Waals surface area contributed by atoms with Crippen molar-refractivity contribution in [2.75, 3.05) is 13.1 Å². The second kappa shape index (κ2) is 6.86. The fraction of sp³-hybridized carbons (Fsp3) is 0.562. The fourth-order valence-corrected chi connectivity index (χ4v) is 2.66. The van der Waals surface area contributed by atoms with E-state index in [1.165, 1.54) is 0 Å². The number of amides is 1. The number of likely N-dealkylation sites (tertiary alicyclic amines) is 1. The van der Waals surface area contributed by atoms with Crippen molar-refractivity contribution in [2.24, 2.45) is 5.73 Å². The van der Waals surface area contributed by atoms with Gasteiger partial charge in [-0.25, -0.2) is 0 Å². The molecule has 0 radical (unpaired) electrons. The number of hydrogen-bond donors (Lipinski definition) is 2. The summed E-state index contributed by atoms with van der Waals surface area (Å²) in [4.78, 5) is 14.6. The van der Waals surface area contributed by atoms with Gasteiger partial charge in [-0.05, 0) is 32.3 Å². The first-order valence-electron chi connectivity index (χ1n) is 7.43. The van der Waals surface area contributed by atoms with Crippen LogP contribution in [-0.4, -0.2) is 36.0 Å². The molecule has 0 aliphatic carbocycles. The molecule has 1 amide bonds. The van der Waals surface area contributed by atoms with E-state index in [1.807, 2.05) is 30.3 Å². The summed E-state index contributed by atoms with van der Waals surface area (Å²) in [6, 6.07) is 9.80. The average molecular weight is 275 g/mol. The van der Waals surface area contributed by atoms with Crippen molar-refractivity contribution >= 4 is 5.91 Å². The summed E-state index contributed by atoms with van der Waals surface area (Å²) in [6.07, 6.45) is 2.01. The Hall–Kier alpha value is -1.39. The summed E-state index contributed by atoms with van der Waals surface area (Å²) in [5.41, 5.74) is 6.87. The second-order valence-corrected chi connectivity index (χ2v) is 5.80. The highest BCUT2D eigenvalue weighted by atomic mass is 16.2. The Kier molecular flexibility index (Phi) is 5.15. The van der Waals surface area contributed by atoms with E-state index in [0.717, 1.165) is 31.5 Å². The Morgan fingerprint density at radius 3 is 2.40 bits per heavy atom. The number of nitrogens with zero attached hydrogens (tertiary/aromatic N) is 1. The molecule has 1 fully saturated rings. The summed E-state index contributed by atoms with van der Waals surface area (Å²) < 4.78 is 0. The molecular weight excluding hydrogens is 250 g/mol. The maximum atomic E-state index is 12.2. The maximum absolute atomic E-state index is 12.2. The number of piperidine rings is 1. The van der Waals surface area contributed by atoms with E-state index in [9.17, 15) is 4.79 Å². The van der Waals surface area contributed by atoms with Gasteiger partial charge in [0.25, 0.3) is 0 Å². The van der Waals surface area contributed by atoms with Gasteiger partial charge in [0, 0.05) is 25.2 Å². The van der Waals surface area contributed by atoms with E-state index in [1.54, 1.807) is 0 Å². The largest absolute Gasteiger partial charge is 0.352 e. The number of nitrogens with one attached hydrogen (secondary N) is 1. The van der Waals surface area contributed by atoms with Crippen molar-refractivity contribution in [3.05, 3.63) is 35.9 Å². The predicted octanol–water partition coefficient (Wildman–Crippen LogP) is 1.68. The standard InChI is InChI=1S/C16H25N3O/c1-12(2)19-10-8-14(9-11-19)18-16(20)15(17)13-6-4-3-5-7-13/h3-7,12,14-15H,8-11,17H2,1-2H3,(H,18,20). The van der Waals surface area contributed by atoms with Gasteiger partial charge in [-0.15, -0.1) is 0 Å². The van der Waals surface area contributed by atoms with Crippen LogP contribution in [0, 0.1) is 0 Å². The Labute approximate surface area is 121 Å². The van der Waals surface area contributed by atoms with Gasteiger partial charge in [-0.3, -0.25) is 4.79 Å². The maximum Gasteiger partial charge on any atom is 0.241 e. The topological polar surface area (TPSA) is 58.4 Å². The van der Waals surface area contributed by atoms with Crippen molar-refractivity contribution in [3.63, 3.8) is 0 Å². The number of rotatable bonds is 4. The van der Waals surface area contributed by atoms with Gasteiger partial charge in [-0.2, -0.15) is 0 Å². The van der Waals surface area contributed by atoms with Gasteiger partial charge in [0.05, 0.1) is 0 Å². The van der Waals surface area contributed by atoms with Gasteiger partial charge in [0.1, 0.15) is 6.04 Å². The van der Waals surface area contributed by atoms with E-state index in [2.05, 4.69) is 24.1 Å². The van der Waals surface area contributed by atoms with E-state index in [4.69, 9.17) is 5.73 Å². The molecule has 1 aromatic carbocycles. The number of carbonyl (C=O) groups is 1. The predicted molar refractivity (Wildman–Crippen MR) is 81.2 cm³/mol. The highest BCUT2D eigenvalue weighted by Gasteiger charge is 2.24. The van der Waals surface area contributed by atoms with E-state index >= 15 is 0 Å². The molecule has 4 heteroatoms. The number of hydrogen-bond acceptors (Lipinski definition) is 3. The average Bonchev–Trinajstić information content (AvgIpc) is 2.48. The first-order chi connectivity index (χ1) is 9.58. The first-order valence-corrected chi connectivity index (χ1v) is 7.43. The van der Waals surface area contributed by atoms with Crippen LogP contribution >= 0.6 is 0 Å². The molecular formula is C16H25N3O. The lowest BCUT2D eigenvalue weighted by molar-refractivity contribution is -0.123. The van der Waals surface area contributed by atoms with Crippen molar-refractivity contribution in [2.45, 2.75) is 44.8 Å². The summed E-state index contributed by atoms with van der Waals surface area (Å²) in [6.45, 7) is 6.51. The molecule has 0 spiro atoms. The molecule has 0 bridgehead atoms. The van der Waals surface area contributed by atoms with Crippen LogP contribution in [0.2, 0.25) is 0 Å². The summed E-state index contributed by atoms with van der Waals surface area (Å²) in [5, 5.41) is 3.09. The monoisotopic (exact) mass is 275 g/mol. The van der Waals surface area contributed by atoms with Crippen molar-refractivity contribution < 1.29 is 4.79 Å². The molecule has 2 rings (SSSR count). The SMILES string of the molecule is CC(C)N1CCC(NC(=O)C(N)c2ccccc2)CC1. The highest BCUT2D eigenvalue weighted by Crippen LogP contribution is 2.15. The van der Waals surface area contributed by atoms with Crippen LogP contribution < -0.4 is 11.1 Å². The van der Waals surface area contributed by atoms with Crippen LogP contribution in [0.15, 0.2) is 30.3 Å². The van der Waals surface area contributed by atoms with E-state index < -0.39 is 6.04 Å². The quantitative estimate of drug-likeness (QED) is 0.879. The molecule has 0 aromatic heterocycles. The molecule has 0 saturated carbocycles. The number of nitrogens with two attached hydrogens (primary N) is 1. The summed E-state index contributed by atoms with van der Waals surface area (Å²) >= 11 is 0. The zero-order chi connectivity index (χ0) is 14.5. The van der Waals surface area contributed by atoms with Crippen LogP contribution in [0.25, 0.3) is 0 Å². The molecule has 1 aliphatic heterocycles. The van der Waals surface area contributed by atoms with Gasteiger partial charge in [0.15, 0.2) is 0 Å². The summed E-state index contributed by atoms with van der Waals surface area (Å²) in [7, 11) is 0. The normalized spacial score (nSPS) is 19.0. The molecule has 1 aliphatic rings. The van der Waals surface area contributed by atoms with E-state index in [0.29, 0.717) is 6.04 Å². The van der Waals surface area contributed by atoms with Gasteiger partial charge < -0.3 is 16.0 Å². The zero-order valence-corrected chi connectivity index (χ0v) is 12.4. The lowest BCUT2D eigenvalue weighted by Gasteiger charge is -2.35. The van der Waals surface area contributed by atoms with Gasteiger partial charge in [-0.1, -0.05) is 30.3 Å². The van der Waals surface area contributed by atoms with Crippen LogP contribution in [0.3, 0.4) is 0 Å². The Bertz CT molecular complexity index is 425. The van der Waals surface area contributed by atoms with Crippen LogP contribution in [0.1, 0.15) is 38.3 Å². The second-order valence-electron chi connectivity index (χ2n) is 5.80. The third-order valence-corrected chi connectivity index (χ3v) is 4.05. The minimum absolute atomic E-state index is 0.0702. The number of carbonyl (C=O) groups excluding carboxylic acids is 1. The van der Waals surface area contributed by atoms with Gasteiger partial charge >= 0.3 is 0 Å². The van der Waals surface area contributed by atoms with Crippen molar-refractivity contribution in [1.82, 2.24) is 10.2 Å². The third-order valence-electron chi connectivity index (χ3n) is 4.05. The lowest BCUT2D eigenvalue weighted by Crippen LogP contribution is -2.48. The molecule has 20 heavy (non-hydrogen) atoms. The smallest absolute Gasteiger partial charge is 0.241 e. The van der Waals surface area contributed by atoms with Crippen LogP contribution in [0.5, 0.6) is 0 Å². The van der Waals surface area contributed by atoms with Crippen LogP contribution in [0.4, 0.5) is 0 Å². The molecule has 1 heterocycles. The molecule has 3 N–H and O–H groups in total. The van der Waals surface area contributed by atoms with Crippen LogP contribution in [-0.2, 0) is 4.79 Å². The van der Waals surface area contributed by atoms with Crippen molar-refractivity contribution in [3.8, 4) is 0 Å². The zero-order valence-electron chi connectivity index (χ0n) is 12.4. The minimum atomic E-state index is -0.570. The first kappa shape index (κ1) is 15.0. The minimum Gasteiger partial charge on any atom is -0.352 e. The molecule has 1 saturated heterocycles. The molecule has 110 valence electrons.